The van der Waals surface area contributed by atoms with Crippen LogP contribution in [-0.4, -0.2) is 6.29 Å². The molecule has 0 aliphatic rings. The van der Waals surface area contributed by atoms with E-state index in [1.54, 1.807) is 6.08 Å². The van der Waals surface area contributed by atoms with Gasteiger partial charge in [-0.2, -0.15) is 0 Å². The molecule has 0 fully saturated rings. The maximum Gasteiger partial charge on any atom is 0.142 e. The number of carbonyl (C=O) groups is 1. The minimum atomic E-state index is 0.0947. The molecule has 2 nitrogen and oxygen atoms in total. The van der Waals surface area contributed by atoms with Gasteiger partial charge in [0.2, 0.25) is 0 Å². The van der Waals surface area contributed by atoms with Crippen LogP contribution < -0.4 is 5.73 Å². The SMILES string of the molecule is CC(C)(C)c1ccc(N)c(C=CC=O)c1. The van der Waals surface area contributed by atoms with Gasteiger partial charge in [0.05, 0.1) is 0 Å². The van der Waals surface area contributed by atoms with Gasteiger partial charge in [-0.15, -0.1) is 0 Å². The average Bonchev–Trinajstić information content (AvgIpc) is 2.15. The minimum Gasteiger partial charge on any atom is -0.398 e. The molecule has 0 aliphatic carbocycles. The fourth-order valence-corrected chi connectivity index (χ4v) is 1.33. The van der Waals surface area contributed by atoms with Crippen molar-refractivity contribution in [1.29, 1.82) is 0 Å². The number of benzene rings is 1. The summed E-state index contributed by atoms with van der Waals surface area (Å²) in [5.41, 5.74) is 8.70. The smallest absolute Gasteiger partial charge is 0.142 e. The van der Waals surface area contributed by atoms with Crippen molar-refractivity contribution in [2.24, 2.45) is 0 Å². The van der Waals surface area contributed by atoms with Crippen LogP contribution >= 0.6 is 0 Å². The molecule has 0 bridgehead atoms. The lowest BCUT2D eigenvalue weighted by atomic mass is 9.86. The monoisotopic (exact) mass is 203 g/mol. The van der Waals surface area contributed by atoms with Crippen molar-refractivity contribution in [2.75, 3.05) is 5.73 Å². The molecule has 0 amide bonds. The van der Waals surface area contributed by atoms with Gasteiger partial charge in [0, 0.05) is 5.69 Å². The molecular weight excluding hydrogens is 186 g/mol. The Hall–Kier alpha value is -1.57. The normalized spacial score (nSPS) is 11.9. The van der Waals surface area contributed by atoms with E-state index in [9.17, 15) is 4.79 Å². The first-order chi connectivity index (χ1) is 6.95. The molecule has 80 valence electrons. The van der Waals surface area contributed by atoms with E-state index in [4.69, 9.17) is 5.73 Å². The molecule has 0 radical (unpaired) electrons. The van der Waals surface area contributed by atoms with Crippen LogP contribution in [0.25, 0.3) is 6.08 Å². The van der Waals surface area contributed by atoms with Crippen LogP contribution in [0.4, 0.5) is 5.69 Å². The van der Waals surface area contributed by atoms with Gasteiger partial charge in [0.25, 0.3) is 0 Å². The summed E-state index contributed by atoms with van der Waals surface area (Å²) in [5, 5.41) is 0. The molecule has 0 heterocycles. The Morgan fingerprint density at radius 1 is 1.27 bits per heavy atom. The molecule has 15 heavy (non-hydrogen) atoms. The predicted octanol–water partition coefficient (Wildman–Crippen LogP) is 2.78. The number of nitrogens with two attached hydrogens (primary N) is 1. The third-order valence-electron chi connectivity index (χ3n) is 2.31. The van der Waals surface area contributed by atoms with E-state index >= 15 is 0 Å². The molecule has 0 spiro atoms. The van der Waals surface area contributed by atoms with Crippen LogP contribution in [-0.2, 0) is 10.2 Å². The summed E-state index contributed by atoms with van der Waals surface area (Å²) in [4.78, 5) is 10.2. The lowest BCUT2D eigenvalue weighted by Gasteiger charge is -2.20. The second-order valence-electron chi connectivity index (χ2n) is 4.59. The molecule has 0 atom stereocenters. The number of rotatable bonds is 2. The number of aldehydes is 1. The van der Waals surface area contributed by atoms with Gasteiger partial charge in [-0.05, 0) is 40.8 Å². The standard InChI is InChI=1S/C13H17NO/c1-13(2,3)11-6-7-12(14)10(9-11)5-4-8-15/h4-9H,14H2,1-3H3. The number of anilines is 1. The topological polar surface area (TPSA) is 43.1 Å². The first kappa shape index (κ1) is 11.5. The van der Waals surface area contributed by atoms with E-state index in [1.165, 1.54) is 11.6 Å². The summed E-state index contributed by atoms with van der Waals surface area (Å²) in [6, 6.07) is 5.92. The van der Waals surface area contributed by atoms with Crippen LogP contribution in [0, 0.1) is 0 Å². The molecule has 1 aromatic rings. The van der Waals surface area contributed by atoms with Crippen molar-refractivity contribution in [3.8, 4) is 0 Å². The zero-order chi connectivity index (χ0) is 11.5. The molecule has 0 saturated heterocycles. The fraction of sp³-hybridized carbons (Fsp3) is 0.308. The van der Waals surface area contributed by atoms with E-state index < -0.39 is 0 Å². The first-order valence-corrected chi connectivity index (χ1v) is 4.97. The molecule has 0 unspecified atom stereocenters. The van der Waals surface area contributed by atoms with Crippen LogP contribution in [0.3, 0.4) is 0 Å². The van der Waals surface area contributed by atoms with Gasteiger partial charge in [-0.1, -0.05) is 26.8 Å². The van der Waals surface area contributed by atoms with Crippen LogP contribution in [0.2, 0.25) is 0 Å². The number of carbonyl (C=O) groups excluding carboxylic acids is 1. The summed E-state index contributed by atoms with van der Waals surface area (Å²) in [5.74, 6) is 0. The Kier molecular flexibility index (Phi) is 3.30. The lowest BCUT2D eigenvalue weighted by molar-refractivity contribution is -0.104. The van der Waals surface area contributed by atoms with Crippen LogP contribution in [0.1, 0.15) is 31.9 Å². The highest BCUT2D eigenvalue weighted by atomic mass is 16.1. The zero-order valence-corrected chi connectivity index (χ0v) is 9.45. The van der Waals surface area contributed by atoms with Gasteiger partial charge >= 0.3 is 0 Å². The third kappa shape index (κ3) is 2.94. The van der Waals surface area contributed by atoms with E-state index in [2.05, 4.69) is 20.8 Å². The van der Waals surface area contributed by atoms with Gasteiger partial charge in [-0.3, -0.25) is 4.79 Å². The van der Waals surface area contributed by atoms with E-state index in [-0.39, 0.29) is 5.41 Å². The quantitative estimate of drug-likeness (QED) is 0.456. The molecule has 2 heteroatoms. The second-order valence-corrected chi connectivity index (χ2v) is 4.59. The average molecular weight is 203 g/mol. The van der Waals surface area contributed by atoms with Gasteiger partial charge in [-0.25, -0.2) is 0 Å². The second kappa shape index (κ2) is 4.30. The molecule has 0 saturated carbocycles. The highest BCUT2D eigenvalue weighted by Crippen LogP contribution is 2.26. The van der Waals surface area contributed by atoms with Crippen LogP contribution in [0.5, 0.6) is 0 Å². The Bertz CT molecular complexity index is 386. The maximum absolute atomic E-state index is 10.2. The molecule has 1 rings (SSSR count). The highest BCUT2D eigenvalue weighted by molar-refractivity contribution is 5.77. The highest BCUT2D eigenvalue weighted by Gasteiger charge is 2.13. The van der Waals surface area contributed by atoms with Crippen molar-refractivity contribution >= 4 is 18.0 Å². The summed E-state index contributed by atoms with van der Waals surface area (Å²) >= 11 is 0. The Morgan fingerprint density at radius 2 is 1.93 bits per heavy atom. The van der Waals surface area contributed by atoms with Gasteiger partial charge in [0.15, 0.2) is 0 Å². The van der Waals surface area contributed by atoms with Gasteiger partial charge < -0.3 is 5.73 Å². The van der Waals surface area contributed by atoms with Crippen molar-refractivity contribution in [3.05, 3.63) is 35.4 Å². The molecule has 0 aromatic heterocycles. The van der Waals surface area contributed by atoms with Crippen LogP contribution in [0.15, 0.2) is 24.3 Å². The Labute approximate surface area is 90.8 Å². The summed E-state index contributed by atoms with van der Waals surface area (Å²) < 4.78 is 0. The summed E-state index contributed by atoms with van der Waals surface area (Å²) in [6.45, 7) is 6.43. The Morgan fingerprint density at radius 3 is 2.47 bits per heavy atom. The molecule has 0 aliphatic heterocycles. The number of hydrogen-bond acceptors (Lipinski definition) is 2. The first-order valence-electron chi connectivity index (χ1n) is 4.97. The van der Waals surface area contributed by atoms with Crippen molar-refractivity contribution < 1.29 is 4.79 Å². The molecule has 1 aromatic carbocycles. The number of hydrogen-bond donors (Lipinski definition) is 1. The van der Waals surface area contributed by atoms with Crippen molar-refractivity contribution in [1.82, 2.24) is 0 Å². The van der Waals surface area contributed by atoms with Crippen molar-refractivity contribution in [3.63, 3.8) is 0 Å². The third-order valence-corrected chi connectivity index (χ3v) is 2.31. The van der Waals surface area contributed by atoms with E-state index in [1.807, 2.05) is 18.2 Å². The minimum absolute atomic E-state index is 0.0947. The van der Waals surface area contributed by atoms with E-state index in [0.717, 1.165) is 11.8 Å². The van der Waals surface area contributed by atoms with E-state index in [0.29, 0.717) is 5.69 Å². The summed E-state index contributed by atoms with van der Waals surface area (Å²) in [7, 11) is 0. The number of nitrogen functional groups attached to an aromatic ring is 1. The predicted molar refractivity (Wildman–Crippen MR) is 64.7 cm³/mol. The lowest BCUT2D eigenvalue weighted by Crippen LogP contribution is -2.11. The fourth-order valence-electron chi connectivity index (χ4n) is 1.33. The maximum atomic E-state index is 10.2. The van der Waals surface area contributed by atoms with Gasteiger partial charge in [0.1, 0.15) is 6.29 Å². The molecular formula is C13H17NO. The Balaban J connectivity index is 3.16. The van der Waals surface area contributed by atoms with Crippen molar-refractivity contribution in [2.45, 2.75) is 26.2 Å². The molecule has 2 N–H and O–H groups in total. The largest absolute Gasteiger partial charge is 0.398 e. The number of allylic oxidation sites excluding steroid dienone is 1. The zero-order valence-electron chi connectivity index (χ0n) is 9.45. The summed E-state index contributed by atoms with van der Waals surface area (Å²) in [6.07, 6.45) is 3.94.